The Bertz CT molecular complexity index is 1320. The molecule has 1 saturated carbocycles. The van der Waals surface area contributed by atoms with Gasteiger partial charge in [0.15, 0.2) is 0 Å². The minimum absolute atomic E-state index is 0.00120. The normalized spacial score (nSPS) is 29.7. The Morgan fingerprint density at radius 1 is 1.20 bits per heavy atom. The van der Waals surface area contributed by atoms with Gasteiger partial charge in [-0.3, -0.25) is 0 Å². The van der Waals surface area contributed by atoms with Crippen molar-refractivity contribution < 1.29 is 9.50 Å². The second-order valence-corrected chi connectivity index (χ2v) is 11.3. The van der Waals surface area contributed by atoms with Crippen molar-refractivity contribution in [2.45, 2.75) is 75.3 Å². The minimum atomic E-state index is -1.03. The summed E-state index contributed by atoms with van der Waals surface area (Å²) in [6.07, 6.45) is 5.03. The number of halogens is 1. The third kappa shape index (κ3) is 3.81. The van der Waals surface area contributed by atoms with Gasteiger partial charge in [0.2, 0.25) is 11.0 Å². The largest absolute Gasteiger partial charge is 0.507 e. The lowest BCUT2D eigenvalue weighted by Crippen LogP contribution is -2.66. The van der Waals surface area contributed by atoms with E-state index in [1.165, 1.54) is 0 Å². The minimum Gasteiger partial charge on any atom is -0.507 e. The molecule has 11 heteroatoms. The standard InChI is InChI=1S/C24H25FN8OS/c1-23-7-8-24(2,32-23)20(25)17(10-23)33(14-4-5-14)22-27-12-16(28-31-22)15-6-3-13(9-18(15)34)21-30-29-19(11-26)35-21/h3,6,9,12,14,17,20,32,34H,4-5,7-8,10H2,1-2H3/t17-,20-,23-,24+/m1/s1. The maximum Gasteiger partial charge on any atom is 0.245 e. The number of phenolic OH excluding ortho intramolecular Hbond substituents is 1. The third-order valence-electron chi connectivity index (χ3n) is 7.51. The predicted molar refractivity (Wildman–Crippen MR) is 129 cm³/mol. The number of anilines is 1. The molecule has 35 heavy (non-hydrogen) atoms. The zero-order valence-electron chi connectivity index (χ0n) is 19.4. The molecule has 2 aliphatic heterocycles. The summed E-state index contributed by atoms with van der Waals surface area (Å²) in [5, 5.41) is 40.4. The number of aromatic hydroxyl groups is 1. The van der Waals surface area contributed by atoms with Crippen molar-refractivity contribution in [1.82, 2.24) is 30.7 Å². The zero-order valence-corrected chi connectivity index (χ0v) is 20.3. The fourth-order valence-electron chi connectivity index (χ4n) is 5.65. The molecule has 2 saturated heterocycles. The Kier molecular flexibility index (Phi) is 5.02. The topological polar surface area (TPSA) is 124 Å². The van der Waals surface area contributed by atoms with Crippen molar-refractivity contribution >= 4 is 17.3 Å². The number of alkyl halides is 1. The molecular weight excluding hydrogens is 467 g/mol. The number of benzene rings is 1. The highest BCUT2D eigenvalue weighted by molar-refractivity contribution is 7.15. The van der Waals surface area contributed by atoms with Gasteiger partial charge in [-0.25, -0.2) is 9.37 Å². The van der Waals surface area contributed by atoms with Crippen LogP contribution in [0.2, 0.25) is 0 Å². The summed E-state index contributed by atoms with van der Waals surface area (Å²) in [6, 6.07) is 6.94. The number of phenols is 1. The van der Waals surface area contributed by atoms with E-state index < -0.39 is 11.7 Å². The Morgan fingerprint density at radius 2 is 2.03 bits per heavy atom. The summed E-state index contributed by atoms with van der Waals surface area (Å²) in [7, 11) is 0. The van der Waals surface area contributed by atoms with E-state index >= 15 is 4.39 Å². The van der Waals surface area contributed by atoms with Crippen molar-refractivity contribution in [2.24, 2.45) is 0 Å². The molecule has 0 unspecified atom stereocenters. The van der Waals surface area contributed by atoms with E-state index in [0.29, 0.717) is 34.2 Å². The van der Waals surface area contributed by atoms with E-state index in [4.69, 9.17) is 5.26 Å². The number of nitrogens with one attached hydrogen (secondary N) is 1. The Balaban J connectivity index is 1.28. The fraction of sp³-hybridized carbons (Fsp3) is 0.500. The number of nitrogens with zero attached hydrogens (tertiary/aromatic N) is 7. The summed E-state index contributed by atoms with van der Waals surface area (Å²) >= 11 is 1.15. The van der Waals surface area contributed by atoms with Gasteiger partial charge in [0.25, 0.3) is 0 Å². The molecule has 1 aromatic carbocycles. The van der Waals surface area contributed by atoms with Gasteiger partial charge in [-0.05, 0) is 58.1 Å². The van der Waals surface area contributed by atoms with Crippen LogP contribution in [-0.2, 0) is 0 Å². The molecule has 2 N–H and O–H groups in total. The molecule has 0 spiro atoms. The van der Waals surface area contributed by atoms with E-state index in [-0.39, 0.29) is 28.4 Å². The van der Waals surface area contributed by atoms with Crippen LogP contribution in [-0.4, -0.2) is 59.8 Å². The van der Waals surface area contributed by atoms with Crippen LogP contribution in [0.5, 0.6) is 5.75 Å². The molecule has 2 aromatic heterocycles. The molecule has 180 valence electrons. The van der Waals surface area contributed by atoms with Crippen LogP contribution in [0, 0.1) is 11.3 Å². The van der Waals surface area contributed by atoms with Gasteiger partial charge in [0, 0.05) is 28.2 Å². The smallest absolute Gasteiger partial charge is 0.245 e. The molecule has 3 aliphatic rings. The van der Waals surface area contributed by atoms with E-state index in [0.717, 1.165) is 37.0 Å². The molecule has 6 rings (SSSR count). The lowest BCUT2D eigenvalue weighted by molar-refractivity contribution is 0.0828. The number of rotatable bonds is 5. The summed E-state index contributed by atoms with van der Waals surface area (Å²) < 4.78 is 15.8. The lowest BCUT2D eigenvalue weighted by Gasteiger charge is -2.48. The summed E-state index contributed by atoms with van der Waals surface area (Å²) in [5.41, 5.74) is 0.930. The van der Waals surface area contributed by atoms with Crippen molar-refractivity contribution in [2.75, 3.05) is 4.90 Å². The van der Waals surface area contributed by atoms with Gasteiger partial charge in [0.05, 0.1) is 12.2 Å². The first-order valence-corrected chi connectivity index (χ1v) is 12.6. The van der Waals surface area contributed by atoms with Gasteiger partial charge >= 0.3 is 0 Å². The monoisotopic (exact) mass is 492 g/mol. The summed E-state index contributed by atoms with van der Waals surface area (Å²) in [6.45, 7) is 4.16. The number of hydrogen-bond donors (Lipinski definition) is 2. The third-order valence-corrected chi connectivity index (χ3v) is 8.39. The van der Waals surface area contributed by atoms with E-state index in [9.17, 15) is 5.11 Å². The van der Waals surface area contributed by atoms with Crippen molar-refractivity contribution in [3.63, 3.8) is 0 Å². The summed E-state index contributed by atoms with van der Waals surface area (Å²) in [5.74, 6) is 0.435. The SMILES string of the molecule is C[C@]12CC[C@](C)(N1)[C@H](F)[C@H](N(c1ncc(-c3ccc(-c4nnc(C#N)s4)cc3O)nn1)C1CC1)C2. The molecule has 3 aromatic rings. The van der Waals surface area contributed by atoms with Crippen LogP contribution in [0.25, 0.3) is 21.8 Å². The van der Waals surface area contributed by atoms with Crippen LogP contribution < -0.4 is 10.2 Å². The van der Waals surface area contributed by atoms with E-state index in [1.54, 1.807) is 24.4 Å². The van der Waals surface area contributed by atoms with Crippen LogP contribution in [0.15, 0.2) is 24.4 Å². The second-order valence-electron chi connectivity index (χ2n) is 10.3. The number of hydrogen-bond acceptors (Lipinski definition) is 10. The van der Waals surface area contributed by atoms with E-state index in [2.05, 4.69) is 42.5 Å². The van der Waals surface area contributed by atoms with Crippen molar-refractivity contribution in [3.8, 4) is 33.6 Å². The molecule has 2 bridgehead atoms. The highest BCUT2D eigenvalue weighted by Gasteiger charge is 2.58. The van der Waals surface area contributed by atoms with Gasteiger partial charge in [-0.1, -0.05) is 17.4 Å². The zero-order chi connectivity index (χ0) is 24.4. The Labute approximate surface area is 206 Å². The first-order chi connectivity index (χ1) is 16.8. The molecule has 0 radical (unpaired) electrons. The van der Waals surface area contributed by atoms with Crippen molar-refractivity contribution in [1.29, 1.82) is 5.26 Å². The van der Waals surface area contributed by atoms with Crippen LogP contribution in [0.1, 0.15) is 51.0 Å². The van der Waals surface area contributed by atoms with Crippen LogP contribution in [0.3, 0.4) is 0 Å². The first kappa shape index (κ1) is 22.2. The maximum absolute atomic E-state index is 15.8. The quantitative estimate of drug-likeness (QED) is 0.549. The van der Waals surface area contributed by atoms with Crippen molar-refractivity contribution in [3.05, 3.63) is 29.4 Å². The lowest BCUT2D eigenvalue weighted by atomic mass is 9.82. The number of aromatic nitrogens is 5. The second kappa shape index (κ2) is 7.90. The van der Waals surface area contributed by atoms with Gasteiger partial charge < -0.3 is 15.3 Å². The van der Waals surface area contributed by atoms with Crippen LogP contribution in [0.4, 0.5) is 10.3 Å². The predicted octanol–water partition coefficient (Wildman–Crippen LogP) is 3.61. The molecular formula is C24H25FN8OS. The van der Waals surface area contributed by atoms with Crippen LogP contribution >= 0.6 is 11.3 Å². The molecule has 1 aliphatic carbocycles. The average molecular weight is 493 g/mol. The molecule has 3 fully saturated rings. The number of piperidine rings is 1. The summed E-state index contributed by atoms with van der Waals surface area (Å²) in [4.78, 5) is 6.63. The first-order valence-electron chi connectivity index (χ1n) is 11.8. The molecule has 9 nitrogen and oxygen atoms in total. The molecule has 4 atom stereocenters. The fourth-order valence-corrected chi connectivity index (χ4v) is 6.29. The van der Waals surface area contributed by atoms with E-state index in [1.807, 2.05) is 13.0 Å². The molecule has 4 heterocycles. The molecule has 0 amide bonds. The Morgan fingerprint density at radius 3 is 2.69 bits per heavy atom. The number of fused-ring (bicyclic) bond motifs is 2. The average Bonchev–Trinajstić information content (AvgIpc) is 3.48. The maximum atomic E-state index is 15.8. The highest BCUT2D eigenvalue weighted by atomic mass is 32.1. The van der Waals surface area contributed by atoms with Gasteiger partial charge in [-0.2, -0.15) is 5.26 Å². The van der Waals surface area contributed by atoms with Gasteiger partial charge in [0.1, 0.15) is 28.7 Å². The highest BCUT2D eigenvalue weighted by Crippen LogP contribution is 2.47. The Hall–Kier alpha value is -3.23. The van der Waals surface area contributed by atoms with Gasteiger partial charge in [-0.15, -0.1) is 20.4 Å². The number of nitriles is 1.